The van der Waals surface area contributed by atoms with E-state index < -0.39 is 0 Å². The van der Waals surface area contributed by atoms with Gasteiger partial charge < -0.3 is 8.98 Å². The predicted octanol–water partition coefficient (Wildman–Crippen LogP) is 15.5. The first-order chi connectivity index (χ1) is 31.7. The van der Waals surface area contributed by atoms with Crippen LogP contribution in [0.25, 0.3) is 127 Å². The minimum Gasteiger partial charge on any atom is -0.452 e. The molecular weight excluding hydrogens is 781 g/mol. The molecule has 9 aromatic carbocycles. The zero-order valence-electron chi connectivity index (χ0n) is 34.5. The second kappa shape index (κ2) is 14.5. The molecule has 0 aliphatic rings. The highest BCUT2D eigenvalue weighted by atomic mass is 16.3. The van der Waals surface area contributed by atoms with Crippen LogP contribution >= 0.6 is 0 Å². The molecule has 4 aromatic heterocycles. The van der Waals surface area contributed by atoms with Crippen molar-refractivity contribution < 1.29 is 4.42 Å². The molecule has 0 bridgehead atoms. The average Bonchev–Trinajstić information content (AvgIpc) is 3.93. The number of hydrogen-bond acceptors (Lipinski definition) is 4. The number of benzene rings is 9. The lowest BCUT2D eigenvalue weighted by molar-refractivity contribution is 0.664. The van der Waals surface area contributed by atoms with Gasteiger partial charge in [-0.15, -0.1) is 0 Å². The number of rotatable bonds is 6. The summed E-state index contributed by atoms with van der Waals surface area (Å²) in [5, 5.41) is 9.11. The van der Waals surface area contributed by atoms with Gasteiger partial charge in [0.25, 0.3) is 0 Å². The van der Waals surface area contributed by atoms with E-state index in [1.165, 1.54) is 27.1 Å². The standard InChI is InChI=1S/C59H36N4O/c1-3-13-37(14-4-1)38-23-25-41(26-24-38)51-35-50(40-16-5-2-6-17-40)61-59(62-51)47-29-28-45(43-19-9-10-20-44(43)47)46-30-32-54(58-57(46)49-33-34-60-36-55(49)64-58)63-52-22-12-11-21-48(52)56-42-18-8-7-15-39(42)27-31-53(56)63/h1-36H. The molecule has 13 aromatic rings. The van der Waals surface area contributed by atoms with Gasteiger partial charge in [0, 0.05) is 44.4 Å². The van der Waals surface area contributed by atoms with Crippen molar-refractivity contribution in [3.05, 3.63) is 219 Å². The first-order valence-electron chi connectivity index (χ1n) is 21.6. The van der Waals surface area contributed by atoms with Crippen molar-refractivity contribution in [3.8, 4) is 61.8 Å². The second-order valence-corrected chi connectivity index (χ2v) is 16.3. The van der Waals surface area contributed by atoms with E-state index in [0.29, 0.717) is 5.82 Å². The third-order valence-corrected chi connectivity index (χ3v) is 12.7. The summed E-state index contributed by atoms with van der Waals surface area (Å²) in [7, 11) is 0. The Morgan fingerprint density at radius 1 is 0.391 bits per heavy atom. The quantitative estimate of drug-likeness (QED) is 0.168. The maximum absolute atomic E-state index is 6.90. The van der Waals surface area contributed by atoms with Crippen LogP contribution in [0.1, 0.15) is 0 Å². The van der Waals surface area contributed by atoms with Gasteiger partial charge in [0.05, 0.1) is 34.3 Å². The molecule has 0 spiro atoms. The fourth-order valence-electron chi connectivity index (χ4n) is 9.78. The van der Waals surface area contributed by atoms with Crippen molar-refractivity contribution >= 4 is 65.3 Å². The van der Waals surface area contributed by atoms with Crippen LogP contribution < -0.4 is 0 Å². The van der Waals surface area contributed by atoms with Gasteiger partial charge in [0.2, 0.25) is 0 Å². The first kappa shape index (κ1) is 36.0. The third-order valence-electron chi connectivity index (χ3n) is 12.7. The maximum atomic E-state index is 6.90. The topological polar surface area (TPSA) is 56.7 Å². The van der Waals surface area contributed by atoms with E-state index in [1.807, 2.05) is 24.5 Å². The molecule has 5 nitrogen and oxygen atoms in total. The number of pyridine rings is 1. The van der Waals surface area contributed by atoms with Crippen LogP contribution in [0.3, 0.4) is 0 Å². The smallest absolute Gasteiger partial charge is 0.161 e. The molecule has 0 aliphatic heterocycles. The molecule has 13 rings (SSSR count). The Labute approximate surface area is 368 Å². The van der Waals surface area contributed by atoms with Gasteiger partial charge >= 0.3 is 0 Å². The average molecular weight is 817 g/mol. The predicted molar refractivity (Wildman–Crippen MR) is 264 cm³/mol. The molecule has 64 heavy (non-hydrogen) atoms. The summed E-state index contributed by atoms with van der Waals surface area (Å²) >= 11 is 0. The summed E-state index contributed by atoms with van der Waals surface area (Å²) in [5.41, 5.74) is 14.1. The van der Waals surface area contributed by atoms with E-state index >= 15 is 0 Å². The maximum Gasteiger partial charge on any atom is 0.161 e. The molecule has 0 unspecified atom stereocenters. The molecule has 0 saturated carbocycles. The number of hydrogen-bond donors (Lipinski definition) is 0. The lowest BCUT2D eigenvalue weighted by Gasteiger charge is -2.15. The zero-order valence-corrected chi connectivity index (χ0v) is 34.5. The second-order valence-electron chi connectivity index (χ2n) is 16.3. The van der Waals surface area contributed by atoms with Crippen LogP contribution in [0, 0.1) is 0 Å². The van der Waals surface area contributed by atoms with Crippen LogP contribution in [-0.4, -0.2) is 19.5 Å². The van der Waals surface area contributed by atoms with Gasteiger partial charge in [-0.1, -0.05) is 170 Å². The Kier molecular flexibility index (Phi) is 8.15. The van der Waals surface area contributed by atoms with Gasteiger partial charge in [-0.3, -0.25) is 4.98 Å². The number of nitrogens with zero attached hydrogens (tertiary/aromatic N) is 4. The highest BCUT2D eigenvalue weighted by molar-refractivity contribution is 6.23. The van der Waals surface area contributed by atoms with Crippen LogP contribution in [0.5, 0.6) is 0 Å². The van der Waals surface area contributed by atoms with Crippen LogP contribution in [0.15, 0.2) is 223 Å². The summed E-state index contributed by atoms with van der Waals surface area (Å²) in [6.07, 6.45) is 3.68. The lowest BCUT2D eigenvalue weighted by atomic mass is 9.92. The Morgan fingerprint density at radius 3 is 1.77 bits per heavy atom. The molecular formula is C59H36N4O. The van der Waals surface area contributed by atoms with Crippen LogP contribution in [0.4, 0.5) is 0 Å². The number of para-hydroxylation sites is 1. The van der Waals surface area contributed by atoms with Crippen molar-refractivity contribution in [3.63, 3.8) is 0 Å². The Bertz CT molecular complexity index is 3940. The summed E-state index contributed by atoms with van der Waals surface area (Å²) in [4.78, 5) is 15.1. The number of fused-ring (bicyclic) bond motifs is 9. The van der Waals surface area contributed by atoms with Crippen LogP contribution in [-0.2, 0) is 0 Å². The lowest BCUT2D eigenvalue weighted by Crippen LogP contribution is -1.97. The SMILES string of the molecule is c1ccc(-c2ccc(-c3cc(-c4ccccc4)nc(-c4ccc(-c5ccc(-n6c7ccccc7c7c8ccccc8ccc76)c6oc7cnccc7c56)c5ccccc45)n3)cc2)cc1. The highest BCUT2D eigenvalue weighted by Gasteiger charge is 2.23. The Balaban J connectivity index is 1.01. The number of furan rings is 1. The van der Waals surface area contributed by atoms with Crippen LogP contribution in [0.2, 0.25) is 0 Å². The first-order valence-corrected chi connectivity index (χ1v) is 21.6. The molecule has 0 atom stereocenters. The van der Waals surface area contributed by atoms with E-state index in [1.54, 1.807) is 0 Å². The van der Waals surface area contributed by atoms with Gasteiger partial charge in [0.1, 0.15) is 0 Å². The monoisotopic (exact) mass is 816 g/mol. The molecule has 0 N–H and O–H groups in total. The van der Waals surface area contributed by atoms with E-state index in [0.717, 1.165) is 94.2 Å². The Morgan fingerprint density at radius 2 is 0.984 bits per heavy atom. The van der Waals surface area contributed by atoms with E-state index in [2.05, 4.69) is 204 Å². The zero-order chi connectivity index (χ0) is 42.1. The minimum absolute atomic E-state index is 0.672. The normalized spacial score (nSPS) is 11.8. The van der Waals surface area contributed by atoms with Crippen molar-refractivity contribution in [2.24, 2.45) is 0 Å². The highest BCUT2D eigenvalue weighted by Crippen LogP contribution is 2.45. The van der Waals surface area contributed by atoms with Gasteiger partial charge in [0.15, 0.2) is 17.0 Å². The molecule has 0 amide bonds. The van der Waals surface area contributed by atoms with Gasteiger partial charge in [-0.25, -0.2) is 9.97 Å². The van der Waals surface area contributed by atoms with Gasteiger partial charge in [-0.05, 0) is 80.2 Å². The summed E-state index contributed by atoms with van der Waals surface area (Å²) in [5.74, 6) is 0.672. The summed E-state index contributed by atoms with van der Waals surface area (Å²) < 4.78 is 9.26. The largest absolute Gasteiger partial charge is 0.452 e. The van der Waals surface area contributed by atoms with E-state index in [-0.39, 0.29) is 0 Å². The minimum atomic E-state index is 0.672. The van der Waals surface area contributed by atoms with E-state index in [4.69, 9.17) is 14.4 Å². The van der Waals surface area contributed by atoms with Crippen molar-refractivity contribution in [1.82, 2.24) is 19.5 Å². The molecule has 5 heteroatoms. The van der Waals surface area contributed by atoms with Gasteiger partial charge in [-0.2, -0.15) is 0 Å². The van der Waals surface area contributed by atoms with Crippen molar-refractivity contribution in [1.29, 1.82) is 0 Å². The fourth-order valence-corrected chi connectivity index (χ4v) is 9.78. The Hall–Kier alpha value is -8.67. The molecule has 4 heterocycles. The molecule has 0 saturated heterocycles. The molecule has 298 valence electrons. The number of aromatic nitrogens is 4. The summed E-state index contributed by atoms with van der Waals surface area (Å²) in [6, 6.07) is 72.9. The summed E-state index contributed by atoms with van der Waals surface area (Å²) in [6.45, 7) is 0. The third kappa shape index (κ3) is 5.68. The fraction of sp³-hybridized carbons (Fsp3) is 0. The molecule has 0 radical (unpaired) electrons. The van der Waals surface area contributed by atoms with Crippen molar-refractivity contribution in [2.45, 2.75) is 0 Å². The molecule has 0 fully saturated rings. The van der Waals surface area contributed by atoms with E-state index in [9.17, 15) is 0 Å². The van der Waals surface area contributed by atoms with Crippen molar-refractivity contribution in [2.75, 3.05) is 0 Å². The molecule has 0 aliphatic carbocycles.